The van der Waals surface area contributed by atoms with Crippen molar-refractivity contribution in [2.45, 2.75) is 39.3 Å². The number of imidazole rings is 1. The number of phenolic OH excluding ortho intramolecular Hbond substituents is 1. The largest absolute Gasteiger partial charge is 0.502 e. The van der Waals surface area contributed by atoms with Crippen molar-refractivity contribution in [3.63, 3.8) is 0 Å². The second-order valence-corrected chi connectivity index (χ2v) is 9.29. The summed E-state index contributed by atoms with van der Waals surface area (Å²) in [6.45, 7) is 5.75. The number of nitrogens with zero attached hydrogens (tertiary/aromatic N) is 3. The number of aromatic hydroxyl groups is 1. The molecule has 8 nitrogen and oxygen atoms in total. The average molecular weight is 459 g/mol. The summed E-state index contributed by atoms with van der Waals surface area (Å²) < 4.78 is 3.44. The molecule has 0 bridgehead atoms. The third-order valence-corrected chi connectivity index (χ3v) is 5.88. The van der Waals surface area contributed by atoms with Gasteiger partial charge in [0.25, 0.3) is 0 Å². The first-order valence-electron chi connectivity index (χ1n) is 10.9. The summed E-state index contributed by atoms with van der Waals surface area (Å²) in [4.78, 5) is 24.2. The molecule has 0 fully saturated rings. The Balaban J connectivity index is 1.79. The van der Waals surface area contributed by atoms with Crippen LogP contribution >= 0.6 is 0 Å². The van der Waals surface area contributed by atoms with E-state index in [1.807, 2.05) is 79.9 Å². The molecule has 0 radical (unpaired) electrons. The van der Waals surface area contributed by atoms with Gasteiger partial charge in [-0.3, -0.25) is 20.3 Å². The zero-order valence-electron chi connectivity index (χ0n) is 19.3. The number of hydrogen-bond donors (Lipinski definition) is 2. The number of fused-ring (bicyclic) bond motifs is 1. The first-order valence-corrected chi connectivity index (χ1v) is 10.9. The van der Waals surface area contributed by atoms with Gasteiger partial charge in [-0.1, -0.05) is 63.2 Å². The zero-order valence-corrected chi connectivity index (χ0v) is 19.3. The van der Waals surface area contributed by atoms with Gasteiger partial charge in [0, 0.05) is 17.2 Å². The summed E-state index contributed by atoms with van der Waals surface area (Å²) >= 11 is 0. The van der Waals surface area contributed by atoms with E-state index in [-0.39, 0.29) is 23.5 Å². The van der Waals surface area contributed by atoms with Crippen LogP contribution in [0.3, 0.4) is 0 Å². The summed E-state index contributed by atoms with van der Waals surface area (Å²) in [6, 6.07) is 19.9. The predicted octanol–water partition coefficient (Wildman–Crippen LogP) is 4.76. The van der Waals surface area contributed by atoms with Crippen molar-refractivity contribution >= 4 is 22.5 Å². The summed E-state index contributed by atoms with van der Waals surface area (Å²) in [5.74, 6) is -0.808. The lowest BCUT2D eigenvalue weighted by Gasteiger charge is -2.21. The number of nitro benzene ring substituents is 1. The number of rotatable bonds is 6. The molecule has 1 heterocycles. The topological polar surface area (TPSA) is 114 Å². The molecule has 0 aliphatic carbocycles. The summed E-state index contributed by atoms with van der Waals surface area (Å²) in [5.41, 5.74) is 2.07. The van der Waals surface area contributed by atoms with E-state index in [1.54, 1.807) is 4.57 Å². The highest BCUT2D eigenvalue weighted by atomic mass is 16.6. The quantitative estimate of drug-likeness (QED) is 0.246. The van der Waals surface area contributed by atoms with Crippen molar-refractivity contribution in [2.75, 3.05) is 0 Å². The van der Waals surface area contributed by atoms with Crippen molar-refractivity contribution in [3.8, 4) is 5.75 Å². The van der Waals surface area contributed by atoms with E-state index in [9.17, 15) is 20.0 Å². The molecule has 4 aromatic rings. The van der Waals surface area contributed by atoms with Gasteiger partial charge in [0.1, 0.15) is 0 Å². The maximum atomic E-state index is 13.3. The van der Waals surface area contributed by atoms with Crippen molar-refractivity contribution in [3.05, 3.63) is 99.2 Å². The predicted molar refractivity (Wildman–Crippen MR) is 129 cm³/mol. The number of hydrogen-bond acceptors (Lipinski definition) is 5. The number of nitrogens with one attached hydrogen (secondary N) is 1. The van der Waals surface area contributed by atoms with Gasteiger partial charge in [0.15, 0.2) is 11.5 Å². The smallest absolute Gasteiger partial charge is 0.311 e. The molecule has 0 saturated heterocycles. The van der Waals surface area contributed by atoms with Gasteiger partial charge >= 0.3 is 5.69 Å². The first kappa shape index (κ1) is 23.0. The molecule has 0 atom stereocenters. The summed E-state index contributed by atoms with van der Waals surface area (Å²) in [5, 5.41) is 30.8. The number of nitro groups is 1. The number of para-hydroxylation sites is 2. The van der Waals surface area contributed by atoms with Crippen LogP contribution in [0.15, 0.2) is 66.7 Å². The van der Waals surface area contributed by atoms with Gasteiger partial charge in [-0.25, -0.2) is 0 Å². The monoisotopic (exact) mass is 458 g/mol. The Morgan fingerprint density at radius 1 is 1.00 bits per heavy atom. The first-order chi connectivity index (χ1) is 16.1. The summed E-state index contributed by atoms with van der Waals surface area (Å²) in [6.07, 6.45) is 0. The molecule has 0 aliphatic heterocycles. The van der Waals surface area contributed by atoms with Crippen LogP contribution in [0, 0.1) is 15.5 Å². The van der Waals surface area contributed by atoms with Crippen molar-refractivity contribution < 1.29 is 14.8 Å². The van der Waals surface area contributed by atoms with Crippen molar-refractivity contribution in [1.29, 1.82) is 5.41 Å². The highest BCUT2D eigenvalue weighted by Crippen LogP contribution is 2.38. The molecule has 3 aromatic carbocycles. The van der Waals surface area contributed by atoms with Gasteiger partial charge in [0.2, 0.25) is 5.62 Å². The van der Waals surface area contributed by atoms with E-state index < -0.39 is 21.8 Å². The van der Waals surface area contributed by atoms with Crippen LogP contribution < -0.4 is 5.62 Å². The highest BCUT2D eigenvalue weighted by molar-refractivity contribution is 5.98. The normalized spacial score (nSPS) is 11.6. The van der Waals surface area contributed by atoms with E-state index in [2.05, 4.69) is 0 Å². The zero-order chi connectivity index (χ0) is 24.6. The van der Waals surface area contributed by atoms with Crippen LogP contribution in [0.2, 0.25) is 0 Å². The Labute approximate surface area is 196 Å². The number of ketones is 1. The van der Waals surface area contributed by atoms with Crippen LogP contribution in [0.5, 0.6) is 5.75 Å². The molecule has 34 heavy (non-hydrogen) atoms. The van der Waals surface area contributed by atoms with Gasteiger partial charge in [-0.15, -0.1) is 0 Å². The van der Waals surface area contributed by atoms with E-state index in [0.29, 0.717) is 12.1 Å². The molecule has 1 aromatic heterocycles. The van der Waals surface area contributed by atoms with Gasteiger partial charge in [-0.2, -0.15) is 0 Å². The molecule has 0 amide bonds. The van der Waals surface area contributed by atoms with Crippen LogP contribution in [-0.4, -0.2) is 24.9 Å². The van der Waals surface area contributed by atoms with Crippen LogP contribution in [-0.2, 0) is 18.5 Å². The molecule has 0 spiro atoms. The minimum Gasteiger partial charge on any atom is -0.502 e. The molecule has 0 unspecified atom stereocenters. The maximum Gasteiger partial charge on any atom is 0.311 e. The Bertz CT molecular complexity index is 1460. The summed E-state index contributed by atoms with van der Waals surface area (Å²) in [7, 11) is 0. The average Bonchev–Trinajstić information content (AvgIpc) is 3.05. The Morgan fingerprint density at radius 2 is 1.59 bits per heavy atom. The van der Waals surface area contributed by atoms with Gasteiger partial charge in [-0.05, 0) is 29.2 Å². The van der Waals surface area contributed by atoms with Crippen LogP contribution in [0.4, 0.5) is 5.69 Å². The van der Waals surface area contributed by atoms with Gasteiger partial charge in [0.05, 0.1) is 29.0 Å². The molecule has 174 valence electrons. The number of aromatic nitrogens is 2. The Kier molecular flexibility index (Phi) is 5.83. The Morgan fingerprint density at radius 3 is 2.18 bits per heavy atom. The fraction of sp³-hybridized carbons (Fsp3) is 0.231. The third kappa shape index (κ3) is 4.22. The molecular weight excluding hydrogens is 432 g/mol. The van der Waals surface area contributed by atoms with Crippen LogP contribution in [0.25, 0.3) is 11.0 Å². The minimum atomic E-state index is -0.684. The van der Waals surface area contributed by atoms with Crippen LogP contribution in [0.1, 0.15) is 42.3 Å². The Hall–Kier alpha value is -4.20. The third-order valence-electron chi connectivity index (χ3n) is 5.88. The highest BCUT2D eigenvalue weighted by Gasteiger charge is 2.28. The fourth-order valence-electron chi connectivity index (χ4n) is 4.11. The molecule has 4 rings (SSSR count). The molecule has 0 saturated carbocycles. The number of phenols is 1. The van der Waals surface area contributed by atoms with Crippen molar-refractivity contribution in [2.24, 2.45) is 0 Å². The van der Waals surface area contributed by atoms with E-state index >= 15 is 0 Å². The SMILES string of the molecule is CC(C)(C)c1cc(C(=O)Cn2c(=N)n(Cc3ccccc3)c3ccccc32)cc([N+](=O)[O-])c1O. The maximum absolute atomic E-state index is 13.3. The molecular formula is C26H26N4O4. The van der Waals surface area contributed by atoms with Gasteiger partial charge < -0.3 is 14.2 Å². The second kappa shape index (κ2) is 8.62. The lowest BCUT2D eigenvalue weighted by atomic mass is 9.84. The molecule has 2 N–H and O–H groups in total. The lowest BCUT2D eigenvalue weighted by molar-refractivity contribution is -0.386. The van der Waals surface area contributed by atoms with E-state index in [4.69, 9.17) is 5.41 Å². The second-order valence-electron chi connectivity index (χ2n) is 9.29. The van der Waals surface area contributed by atoms with E-state index in [1.165, 1.54) is 6.07 Å². The number of carbonyl (C=O) groups excluding carboxylic acids is 1. The fourth-order valence-corrected chi connectivity index (χ4v) is 4.11. The number of Topliss-reactive ketones (excluding diaryl/α,β-unsaturated/α-hetero) is 1. The number of carbonyl (C=O) groups is 1. The molecule has 0 aliphatic rings. The standard InChI is InChI=1S/C26H26N4O4/c1-26(2,3)19-13-18(14-22(24(19)32)30(33)34)23(31)16-29-21-12-8-7-11-20(21)28(25(29)27)15-17-9-5-4-6-10-17/h4-14,27,32H,15-16H2,1-3H3. The lowest BCUT2D eigenvalue weighted by Crippen LogP contribution is -2.28. The van der Waals surface area contributed by atoms with E-state index in [0.717, 1.165) is 22.7 Å². The van der Waals surface area contributed by atoms with Crippen molar-refractivity contribution in [1.82, 2.24) is 9.13 Å². The minimum absolute atomic E-state index is 0.126. The number of benzene rings is 3. The molecule has 8 heteroatoms.